The Morgan fingerprint density at radius 3 is 2.00 bits per heavy atom. The Morgan fingerprint density at radius 1 is 1.27 bits per heavy atom. The predicted molar refractivity (Wildman–Crippen MR) is 49.8 cm³/mol. The highest BCUT2D eigenvalue weighted by Gasteiger charge is 1.75. The van der Waals surface area contributed by atoms with Gasteiger partial charge in [-0.25, -0.2) is 0 Å². The first-order valence-corrected chi connectivity index (χ1v) is 4.41. The molecule has 0 spiro atoms. The monoisotopic (exact) mass is 159 g/mol. The van der Waals surface area contributed by atoms with E-state index in [-0.39, 0.29) is 0 Å². The molecule has 0 aromatic carbocycles. The number of aldehydes is 1. The summed E-state index contributed by atoms with van der Waals surface area (Å²) in [5, 5.41) is 3.02. The van der Waals surface area contributed by atoms with Crippen LogP contribution in [0.5, 0.6) is 0 Å². The fourth-order valence-corrected chi connectivity index (χ4v) is 0.537. The van der Waals surface area contributed by atoms with E-state index in [1.54, 1.807) is 0 Å². The van der Waals surface area contributed by atoms with E-state index in [4.69, 9.17) is 0 Å². The van der Waals surface area contributed by atoms with Crippen LogP contribution in [0.1, 0.15) is 39.5 Å². The van der Waals surface area contributed by atoms with Crippen LogP contribution in [0.25, 0.3) is 0 Å². The van der Waals surface area contributed by atoms with Crippen molar-refractivity contribution >= 4 is 6.29 Å². The molecule has 0 rings (SSSR count). The van der Waals surface area contributed by atoms with Crippen LogP contribution in [0.4, 0.5) is 0 Å². The Balaban J connectivity index is 0. The first kappa shape index (κ1) is 13.2. The zero-order chi connectivity index (χ0) is 8.95. The summed E-state index contributed by atoms with van der Waals surface area (Å²) in [5.74, 6) is 0. The SMILES string of the molecule is CCCCC=O.CCCNC. The van der Waals surface area contributed by atoms with Gasteiger partial charge in [0.1, 0.15) is 6.29 Å². The molecular weight excluding hydrogens is 138 g/mol. The summed E-state index contributed by atoms with van der Waals surface area (Å²) >= 11 is 0. The lowest BCUT2D eigenvalue weighted by atomic mass is 10.3. The smallest absolute Gasteiger partial charge is 0.119 e. The summed E-state index contributed by atoms with van der Waals surface area (Å²) in [5.41, 5.74) is 0. The van der Waals surface area contributed by atoms with Crippen molar-refractivity contribution in [1.82, 2.24) is 5.32 Å². The number of carbonyl (C=O) groups excluding carboxylic acids is 1. The number of hydrogen-bond acceptors (Lipinski definition) is 2. The molecule has 0 saturated carbocycles. The molecule has 0 aliphatic rings. The Bertz CT molecular complexity index is 62.6. The van der Waals surface area contributed by atoms with Crippen LogP contribution in [0.3, 0.4) is 0 Å². The molecule has 0 aromatic heterocycles. The zero-order valence-electron chi connectivity index (χ0n) is 8.02. The van der Waals surface area contributed by atoms with Gasteiger partial charge in [-0.1, -0.05) is 20.3 Å². The van der Waals surface area contributed by atoms with Gasteiger partial charge < -0.3 is 10.1 Å². The van der Waals surface area contributed by atoms with Crippen LogP contribution >= 0.6 is 0 Å². The number of rotatable bonds is 5. The lowest BCUT2D eigenvalue weighted by Gasteiger charge is -1.84. The van der Waals surface area contributed by atoms with E-state index < -0.39 is 0 Å². The number of carbonyl (C=O) groups is 1. The van der Waals surface area contributed by atoms with E-state index in [1.807, 2.05) is 7.05 Å². The van der Waals surface area contributed by atoms with Crippen LogP contribution in [-0.4, -0.2) is 19.9 Å². The average molecular weight is 159 g/mol. The minimum atomic E-state index is 0.733. The standard InChI is InChI=1S/C5H10O.C4H11N/c1-2-3-4-5-6;1-3-4-5-2/h5H,2-4H2,1H3;5H,3-4H2,1-2H3. The van der Waals surface area contributed by atoms with Crippen molar-refractivity contribution in [1.29, 1.82) is 0 Å². The molecule has 0 aromatic rings. The van der Waals surface area contributed by atoms with Gasteiger partial charge in [0, 0.05) is 6.42 Å². The van der Waals surface area contributed by atoms with Gasteiger partial charge in [0.05, 0.1) is 0 Å². The second kappa shape index (κ2) is 16.3. The summed E-state index contributed by atoms with van der Waals surface area (Å²) in [6.45, 7) is 5.36. The molecule has 68 valence electrons. The van der Waals surface area contributed by atoms with Crippen molar-refractivity contribution in [2.75, 3.05) is 13.6 Å². The van der Waals surface area contributed by atoms with Gasteiger partial charge in [-0.15, -0.1) is 0 Å². The molecule has 0 bridgehead atoms. The molecule has 2 nitrogen and oxygen atoms in total. The molecule has 0 aliphatic carbocycles. The van der Waals surface area contributed by atoms with Gasteiger partial charge in [-0.3, -0.25) is 0 Å². The average Bonchev–Trinajstić information content (AvgIpc) is 2.04. The van der Waals surface area contributed by atoms with Crippen LogP contribution in [0.15, 0.2) is 0 Å². The Morgan fingerprint density at radius 2 is 1.91 bits per heavy atom. The van der Waals surface area contributed by atoms with Crippen molar-refractivity contribution in [2.45, 2.75) is 39.5 Å². The molecule has 0 fully saturated rings. The molecule has 0 aliphatic heterocycles. The predicted octanol–water partition coefficient (Wildman–Crippen LogP) is 1.99. The molecule has 0 unspecified atom stereocenters. The zero-order valence-corrected chi connectivity index (χ0v) is 8.02. The van der Waals surface area contributed by atoms with Gasteiger partial charge >= 0.3 is 0 Å². The lowest BCUT2D eigenvalue weighted by molar-refractivity contribution is -0.107. The summed E-state index contributed by atoms with van der Waals surface area (Å²) in [6, 6.07) is 0. The molecule has 0 atom stereocenters. The normalized spacial score (nSPS) is 8.27. The first-order valence-electron chi connectivity index (χ1n) is 4.41. The highest BCUT2D eigenvalue weighted by molar-refractivity contribution is 5.48. The van der Waals surface area contributed by atoms with Crippen molar-refractivity contribution in [3.05, 3.63) is 0 Å². The Labute approximate surface area is 70.4 Å². The number of unbranched alkanes of at least 4 members (excludes halogenated alkanes) is 2. The minimum Gasteiger partial charge on any atom is -0.320 e. The van der Waals surface area contributed by atoms with E-state index in [0.29, 0.717) is 0 Å². The third kappa shape index (κ3) is 26.2. The molecule has 0 amide bonds. The van der Waals surface area contributed by atoms with E-state index in [1.165, 1.54) is 6.42 Å². The van der Waals surface area contributed by atoms with E-state index in [2.05, 4.69) is 19.2 Å². The van der Waals surface area contributed by atoms with Crippen LogP contribution in [-0.2, 0) is 4.79 Å². The second-order valence-electron chi connectivity index (χ2n) is 2.41. The quantitative estimate of drug-likeness (QED) is 0.491. The summed E-state index contributed by atoms with van der Waals surface area (Å²) in [7, 11) is 1.96. The summed E-state index contributed by atoms with van der Waals surface area (Å²) in [6.07, 6.45) is 5.10. The van der Waals surface area contributed by atoms with E-state index in [9.17, 15) is 4.79 Å². The first-order chi connectivity index (χ1) is 5.33. The summed E-state index contributed by atoms with van der Waals surface area (Å²) < 4.78 is 0. The van der Waals surface area contributed by atoms with Crippen molar-refractivity contribution in [3.8, 4) is 0 Å². The van der Waals surface area contributed by atoms with Crippen molar-refractivity contribution in [2.24, 2.45) is 0 Å². The maximum atomic E-state index is 9.56. The second-order valence-corrected chi connectivity index (χ2v) is 2.41. The molecule has 1 N–H and O–H groups in total. The molecule has 0 heterocycles. The van der Waals surface area contributed by atoms with Crippen LogP contribution in [0.2, 0.25) is 0 Å². The van der Waals surface area contributed by atoms with Crippen LogP contribution in [0, 0.1) is 0 Å². The molecule has 11 heavy (non-hydrogen) atoms. The Hall–Kier alpha value is -0.370. The lowest BCUT2D eigenvalue weighted by Crippen LogP contribution is -2.04. The molecule has 0 radical (unpaired) electrons. The largest absolute Gasteiger partial charge is 0.320 e. The minimum absolute atomic E-state index is 0.733. The highest BCUT2D eigenvalue weighted by Crippen LogP contribution is 1.87. The molecular formula is C9H21NO. The van der Waals surface area contributed by atoms with E-state index in [0.717, 1.165) is 32.1 Å². The summed E-state index contributed by atoms with van der Waals surface area (Å²) in [4.78, 5) is 9.56. The fourth-order valence-electron chi connectivity index (χ4n) is 0.537. The maximum absolute atomic E-state index is 9.56. The van der Waals surface area contributed by atoms with Gasteiger partial charge in [0.15, 0.2) is 0 Å². The third-order valence-electron chi connectivity index (χ3n) is 1.18. The van der Waals surface area contributed by atoms with Crippen molar-refractivity contribution in [3.63, 3.8) is 0 Å². The fraction of sp³-hybridized carbons (Fsp3) is 0.889. The topological polar surface area (TPSA) is 29.1 Å². The maximum Gasteiger partial charge on any atom is 0.119 e. The van der Waals surface area contributed by atoms with Gasteiger partial charge in [-0.05, 0) is 26.4 Å². The van der Waals surface area contributed by atoms with Gasteiger partial charge in [0.25, 0.3) is 0 Å². The number of nitrogens with one attached hydrogen (secondary N) is 1. The van der Waals surface area contributed by atoms with E-state index >= 15 is 0 Å². The molecule has 2 heteroatoms. The van der Waals surface area contributed by atoms with Crippen molar-refractivity contribution < 1.29 is 4.79 Å². The molecule has 0 saturated heterocycles. The highest BCUT2D eigenvalue weighted by atomic mass is 16.1. The number of hydrogen-bond donors (Lipinski definition) is 1. The Kier molecular flexibility index (Phi) is 19.6. The van der Waals surface area contributed by atoms with Crippen LogP contribution < -0.4 is 5.32 Å². The van der Waals surface area contributed by atoms with Gasteiger partial charge in [0.2, 0.25) is 0 Å². The van der Waals surface area contributed by atoms with Gasteiger partial charge in [-0.2, -0.15) is 0 Å². The third-order valence-corrected chi connectivity index (χ3v) is 1.18.